The molecule has 0 aliphatic carbocycles. The van der Waals surface area contributed by atoms with Crippen LogP contribution in [-0.4, -0.2) is 52.7 Å². The number of benzene rings is 1. The number of aliphatic hydroxyl groups is 1. The van der Waals surface area contributed by atoms with Crippen LogP contribution in [0, 0.1) is 11.8 Å². The van der Waals surface area contributed by atoms with Gasteiger partial charge in [-0.3, -0.25) is 4.79 Å². The summed E-state index contributed by atoms with van der Waals surface area (Å²) < 4.78 is 11.3. The quantitative estimate of drug-likeness (QED) is 0.689. The van der Waals surface area contributed by atoms with Crippen LogP contribution in [0.3, 0.4) is 0 Å². The van der Waals surface area contributed by atoms with Crippen molar-refractivity contribution in [1.29, 1.82) is 0 Å². The van der Waals surface area contributed by atoms with E-state index in [0.29, 0.717) is 38.0 Å². The summed E-state index contributed by atoms with van der Waals surface area (Å²) in [4.78, 5) is 21.0. The molecule has 2 aromatic heterocycles. The molecule has 1 amide bonds. The molecular formula is C21H21N3O4. The van der Waals surface area contributed by atoms with Crippen molar-refractivity contribution in [2.24, 2.45) is 0 Å². The zero-order chi connectivity index (χ0) is 19.7. The van der Waals surface area contributed by atoms with Crippen LogP contribution in [-0.2, 0) is 0 Å². The standard InChI is InChI=1S/C21H21N3O4/c1-21(2,26)10-9-15-7-8-18(27-15)19(25)23-11-13-24(14-12-23)20-22-16-5-3-4-6-17(16)28-20/h3-8,26H,11-14H2,1-2H3. The Hall–Kier alpha value is -3.24. The van der Waals surface area contributed by atoms with Crippen molar-refractivity contribution >= 4 is 23.0 Å². The highest BCUT2D eigenvalue weighted by atomic mass is 16.4. The molecule has 0 unspecified atom stereocenters. The van der Waals surface area contributed by atoms with Gasteiger partial charge in [-0.25, -0.2) is 0 Å². The van der Waals surface area contributed by atoms with Gasteiger partial charge in [-0.05, 0) is 44.0 Å². The van der Waals surface area contributed by atoms with Crippen molar-refractivity contribution in [3.8, 4) is 11.8 Å². The Labute approximate surface area is 162 Å². The number of piperazine rings is 1. The molecule has 1 saturated heterocycles. The average molecular weight is 379 g/mol. The Morgan fingerprint density at radius 3 is 2.57 bits per heavy atom. The van der Waals surface area contributed by atoms with Crippen LogP contribution in [0.1, 0.15) is 30.2 Å². The molecule has 7 heteroatoms. The highest BCUT2D eigenvalue weighted by Crippen LogP contribution is 2.23. The molecule has 0 spiro atoms. The van der Waals surface area contributed by atoms with Crippen molar-refractivity contribution in [3.63, 3.8) is 0 Å². The number of furan rings is 1. The second kappa shape index (κ2) is 7.06. The Morgan fingerprint density at radius 1 is 1.11 bits per heavy atom. The minimum absolute atomic E-state index is 0.173. The van der Waals surface area contributed by atoms with Gasteiger partial charge in [0, 0.05) is 26.2 Å². The molecule has 7 nitrogen and oxygen atoms in total. The Morgan fingerprint density at radius 2 is 1.86 bits per heavy atom. The number of aromatic nitrogens is 1. The van der Waals surface area contributed by atoms with Crippen LogP contribution in [0.4, 0.5) is 6.01 Å². The number of rotatable bonds is 2. The minimum Gasteiger partial charge on any atom is -0.443 e. The van der Waals surface area contributed by atoms with Crippen LogP contribution in [0.5, 0.6) is 0 Å². The number of oxazole rings is 1. The van der Waals surface area contributed by atoms with Gasteiger partial charge in [-0.1, -0.05) is 18.1 Å². The van der Waals surface area contributed by atoms with E-state index >= 15 is 0 Å². The fraction of sp³-hybridized carbons (Fsp3) is 0.333. The van der Waals surface area contributed by atoms with E-state index in [4.69, 9.17) is 8.83 Å². The number of hydrogen-bond acceptors (Lipinski definition) is 6. The van der Waals surface area contributed by atoms with Crippen LogP contribution in [0.2, 0.25) is 0 Å². The Balaban J connectivity index is 1.40. The van der Waals surface area contributed by atoms with Gasteiger partial charge in [0.15, 0.2) is 17.1 Å². The molecule has 1 fully saturated rings. The summed E-state index contributed by atoms with van der Waals surface area (Å²) in [6.45, 7) is 5.53. The summed E-state index contributed by atoms with van der Waals surface area (Å²) in [5.41, 5.74) is 0.468. The number of hydrogen-bond donors (Lipinski definition) is 1. The zero-order valence-electron chi connectivity index (χ0n) is 15.8. The molecule has 1 aliphatic rings. The normalized spacial score (nSPS) is 14.8. The third kappa shape index (κ3) is 3.87. The monoisotopic (exact) mass is 379 g/mol. The summed E-state index contributed by atoms with van der Waals surface area (Å²) in [6.07, 6.45) is 0. The molecule has 1 aromatic carbocycles. The number of para-hydroxylation sites is 2. The van der Waals surface area contributed by atoms with E-state index < -0.39 is 5.60 Å². The fourth-order valence-electron chi connectivity index (χ4n) is 2.99. The number of carbonyl (C=O) groups is 1. The number of carbonyl (C=O) groups excluding carboxylic acids is 1. The first-order chi connectivity index (χ1) is 13.4. The third-order valence-corrected chi connectivity index (χ3v) is 4.43. The Kier molecular flexibility index (Phi) is 4.57. The van der Waals surface area contributed by atoms with Gasteiger partial charge in [0.1, 0.15) is 11.1 Å². The van der Waals surface area contributed by atoms with Crippen molar-refractivity contribution in [2.75, 3.05) is 31.1 Å². The lowest BCUT2D eigenvalue weighted by atomic mass is 10.1. The van der Waals surface area contributed by atoms with E-state index in [9.17, 15) is 9.90 Å². The zero-order valence-corrected chi connectivity index (χ0v) is 15.8. The fourth-order valence-corrected chi connectivity index (χ4v) is 2.99. The van der Waals surface area contributed by atoms with Crippen LogP contribution in [0.15, 0.2) is 45.2 Å². The Bertz CT molecular complexity index is 1020. The van der Waals surface area contributed by atoms with Gasteiger partial charge in [0.2, 0.25) is 0 Å². The van der Waals surface area contributed by atoms with Crippen molar-refractivity contribution in [2.45, 2.75) is 19.4 Å². The number of nitrogens with zero attached hydrogens (tertiary/aromatic N) is 3. The summed E-state index contributed by atoms with van der Waals surface area (Å²) >= 11 is 0. The predicted octanol–water partition coefficient (Wildman–Crippen LogP) is 2.51. The maximum absolute atomic E-state index is 12.7. The summed E-state index contributed by atoms with van der Waals surface area (Å²) in [6, 6.07) is 11.5. The van der Waals surface area contributed by atoms with Gasteiger partial charge in [-0.15, -0.1) is 0 Å². The van der Waals surface area contributed by atoms with E-state index in [1.807, 2.05) is 29.2 Å². The van der Waals surface area contributed by atoms with Crippen molar-refractivity contribution < 1.29 is 18.7 Å². The first-order valence-corrected chi connectivity index (χ1v) is 9.14. The van der Waals surface area contributed by atoms with Crippen molar-refractivity contribution in [1.82, 2.24) is 9.88 Å². The SMILES string of the molecule is CC(C)(O)C#Cc1ccc(C(=O)N2CCN(c3nc4ccccc4o3)CC2)o1. The molecule has 0 saturated carbocycles. The van der Waals surface area contributed by atoms with E-state index in [1.54, 1.807) is 30.9 Å². The third-order valence-electron chi connectivity index (χ3n) is 4.43. The summed E-state index contributed by atoms with van der Waals surface area (Å²) in [7, 11) is 0. The van der Waals surface area contributed by atoms with Gasteiger partial charge < -0.3 is 23.7 Å². The van der Waals surface area contributed by atoms with Gasteiger partial charge in [0.05, 0.1) is 0 Å². The van der Waals surface area contributed by atoms with Crippen molar-refractivity contribution in [3.05, 3.63) is 47.9 Å². The van der Waals surface area contributed by atoms with E-state index in [2.05, 4.69) is 16.8 Å². The highest BCUT2D eigenvalue weighted by molar-refractivity contribution is 5.91. The summed E-state index contributed by atoms with van der Waals surface area (Å²) in [5.74, 6) is 5.84. The molecular weight excluding hydrogens is 358 g/mol. The molecule has 1 aliphatic heterocycles. The lowest BCUT2D eigenvalue weighted by Gasteiger charge is -2.33. The largest absolute Gasteiger partial charge is 0.443 e. The predicted molar refractivity (Wildman–Crippen MR) is 104 cm³/mol. The second-order valence-electron chi connectivity index (χ2n) is 7.22. The molecule has 1 N–H and O–H groups in total. The van der Waals surface area contributed by atoms with Crippen LogP contribution >= 0.6 is 0 Å². The number of fused-ring (bicyclic) bond motifs is 1. The molecule has 4 rings (SSSR count). The molecule has 0 radical (unpaired) electrons. The molecule has 0 atom stereocenters. The van der Waals surface area contributed by atoms with Gasteiger partial charge in [0.25, 0.3) is 11.9 Å². The van der Waals surface area contributed by atoms with Crippen LogP contribution in [0.25, 0.3) is 11.1 Å². The summed E-state index contributed by atoms with van der Waals surface area (Å²) in [5, 5.41) is 9.66. The lowest BCUT2D eigenvalue weighted by Crippen LogP contribution is -2.48. The molecule has 144 valence electrons. The average Bonchev–Trinajstić information content (AvgIpc) is 3.32. The molecule has 3 aromatic rings. The number of amides is 1. The molecule has 0 bridgehead atoms. The molecule has 28 heavy (non-hydrogen) atoms. The lowest BCUT2D eigenvalue weighted by molar-refractivity contribution is 0.0712. The number of anilines is 1. The second-order valence-corrected chi connectivity index (χ2v) is 7.22. The first-order valence-electron chi connectivity index (χ1n) is 9.14. The maximum atomic E-state index is 12.7. The van der Waals surface area contributed by atoms with Crippen LogP contribution < -0.4 is 4.90 Å². The molecule has 3 heterocycles. The highest BCUT2D eigenvalue weighted by Gasteiger charge is 2.26. The first kappa shape index (κ1) is 18.1. The minimum atomic E-state index is -1.11. The smallest absolute Gasteiger partial charge is 0.298 e. The maximum Gasteiger partial charge on any atom is 0.298 e. The van der Waals surface area contributed by atoms with Gasteiger partial charge >= 0.3 is 0 Å². The van der Waals surface area contributed by atoms with E-state index in [1.165, 1.54) is 0 Å². The topological polar surface area (TPSA) is 83.0 Å². The van der Waals surface area contributed by atoms with E-state index in [-0.39, 0.29) is 11.7 Å². The van der Waals surface area contributed by atoms with Gasteiger partial charge in [-0.2, -0.15) is 4.98 Å². The van der Waals surface area contributed by atoms with E-state index in [0.717, 1.165) is 11.1 Å².